The molecule has 0 aliphatic carbocycles. The number of aromatic amines is 1. The number of rotatable bonds is 2. The fourth-order valence-electron chi connectivity index (χ4n) is 2.05. The zero-order valence-corrected chi connectivity index (χ0v) is 10.5. The van der Waals surface area contributed by atoms with Gasteiger partial charge in [-0.1, -0.05) is 0 Å². The number of aromatic nitrogens is 2. The van der Waals surface area contributed by atoms with E-state index >= 15 is 0 Å². The van der Waals surface area contributed by atoms with Crippen molar-refractivity contribution in [2.24, 2.45) is 5.73 Å². The van der Waals surface area contributed by atoms with E-state index in [1.165, 1.54) is 6.07 Å². The Hall–Kier alpha value is -3.02. The normalized spacial score (nSPS) is 10.8. The maximum absolute atomic E-state index is 9.89. The molecule has 0 spiro atoms. The second kappa shape index (κ2) is 4.27. The molecule has 0 saturated carbocycles. The van der Waals surface area contributed by atoms with Crippen molar-refractivity contribution >= 4 is 22.6 Å². The number of benzene rings is 2. The van der Waals surface area contributed by atoms with Gasteiger partial charge in [-0.15, -0.1) is 0 Å². The zero-order chi connectivity index (χ0) is 14.3. The number of aromatic hydroxyl groups is 1. The van der Waals surface area contributed by atoms with Crippen LogP contribution in [0.3, 0.4) is 0 Å². The smallest absolute Gasteiger partial charge is 0.142 e. The van der Waals surface area contributed by atoms with Crippen LogP contribution < -0.4 is 11.5 Å². The van der Waals surface area contributed by atoms with Gasteiger partial charge in [0.2, 0.25) is 0 Å². The highest BCUT2D eigenvalue weighted by atomic mass is 16.3. The Bertz CT molecular complexity index is 822. The molecule has 2 aromatic carbocycles. The molecule has 6 nitrogen and oxygen atoms in total. The number of hydrogen-bond donors (Lipinski definition) is 5. The van der Waals surface area contributed by atoms with E-state index < -0.39 is 0 Å². The lowest BCUT2D eigenvalue weighted by atomic mass is 10.1. The van der Waals surface area contributed by atoms with Crippen molar-refractivity contribution in [3.63, 3.8) is 0 Å². The van der Waals surface area contributed by atoms with Crippen LogP contribution in [0, 0.1) is 5.41 Å². The topological polar surface area (TPSA) is 125 Å². The molecule has 0 saturated heterocycles. The summed E-state index contributed by atoms with van der Waals surface area (Å²) in [7, 11) is 0. The van der Waals surface area contributed by atoms with Gasteiger partial charge in [0, 0.05) is 11.3 Å². The predicted octanol–water partition coefficient (Wildman–Crippen LogP) is 1.80. The molecule has 0 unspecified atom stereocenters. The third-order valence-electron chi connectivity index (χ3n) is 3.07. The van der Waals surface area contributed by atoms with Crippen molar-refractivity contribution in [1.29, 1.82) is 5.41 Å². The Labute approximate surface area is 114 Å². The molecule has 6 heteroatoms. The third kappa shape index (κ3) is 1.93. The lowest BCUT2D eigenvalue weighted by molar-refractivity contribution is 0.477. The highest BCUT2D eigenvalue weighted by Crippen LogP contribution is 2.30. The van der Waals surface area contributed by atoms with Crippen molar-refractivity contribution in [3.05, 3.63) is 42.0 Å². The number of nitrogen functional groups attached to an aromatic ring is 2. The lowest BCUT2D eigenvalue weighted by Crippen LogP contribution is -2.10. The predicted molar refractivity (Wildman–Crippen MR) is 78.6 cm³/mol. The second-order valence-corrected chi connectivity index (χ2v) is 4.51. The first kappa shape index (κ1) is 12.0. The Morgan fingerprint density at radius 3 is 2.75 bits per heavy atom. The van der Waals surface area contributed by atoms with Gasteiger partial charge in [-0.05, 0) is 36.4 Å². The van der Waals surface area contributed by atoms with Crippen molar-refractivity contribution in [2.75, 3.05) is 5.73 Å². The van der Waals surface area contributed by atoms with Crippen LogP contribution in [0.25, 0.3) is 22.4 Å². The average molecular weight is 267 g/mol. The summed E-state index contributed by atoms with van der Waals surface area (Å²) in [5.41, 5.74) is 14.4. The summed E-state index contributed by atoms with van der Waals surface area (Å²) < 4.78 is 0. The molecule has 0 atom stereocenters. The Balaban J connectivity index is 2.17. The average Bonchev–Trinajstić information content (AvgIpc) is 2.83. The molecule has 100 valence electrons. The molecule has 1 aromatic heterocycles. The molecule has 0 aliphatic rings. The summed E-state index contributed by atoms with van der Waals surface area (Å²) in [5, 5.41) is 17.3. The van der Waals surface area contributed by atoms with Crippen LogP contribution in [-0.4, -0.2) is 20.9 Å². The first-order chi connectivity index (χ1) is 9.54. The van der Waals surface area contributed by atoms with E-state index in [4.69, 9.17) is 16.9 Å². The molecule has 0 aliphatic heterocycles. The van der Waals surface area contributed by atoms with Crippen LogP contribution in [0.5, 0.6) is 5.75 Å². The standard InChI is InChI=1S/C14H13N5O/c15-8-2-4-12(20)9(6-8)14-18-10-3-1-7(13(16)17)5-11(10)19-14/h1-6,20H,15H2,(H3,16,17)(H,18,19). The Morgan fingerprint density at radius 1 is 1.20 bits per heavy atom. The van der Waals surface area contributed by atoms with Crippen LogP contribution in [-0.2, 0) is 0 Å². The van der Waals surface area contributed by atoms with Gasteiger partial charge < -0.3 is 21.6 Å². The maximum atomic E-state index is 9.89. The van der Waals surface area contributed by atoms with Gasteiger partial charge in [0.05, 0.1) is 16.6 Å². The van der Waals surface area contributed by atoms with E-state index in [0.717, 1.165) is 11.0 Å². The highest BCUT2D eigenvalue weighted by molar-refractivity contribution is 5.98. The molecule has 20 heavy (non-hydrogen) atoms. The van der Waals surface area contributed by atoms with Crippen LogP contribution in [0.15, 0.2) is 36.4 Å². The maximum Gasteiger partial charge on any atom is 0.142 e. The van der Waals surface area contributed by atoms with E-state index in [9.17, 15) is 5.11 Å². The van der Waals surface area contributed by atoms with Crippen LogP contribution in [0.1, 0.15) is 5.56 Å². The first-order valence-corrected chi connectivity index (χ1v) is 5.97. The highest BCUT2D eigenvalue weighted by Gasteiger charge is 2.10. The molecule has 7 N–H and O–H groups in total. The number of phenols is 1. The minimum absolute atomic E-state index is 0.00477. The number of nitrogens with two attached hydrogens (primary N) is 2. The summed E-state index contributed by atoms with van der Waals surface area (Å²) >= 11 is 0. The number of hydrogen-bond acceptors (Lipinski definition) is 4. The fraction of sp³-hybridized carbons (Fsp3) is 0. The van der Waals surface area contributed by atoms with Gasteiger partial charge in [0.15, 0.2) is 0 Å². The van der Waals surface area contributed by atoms with Crippen LogP contribution in [0.2, 0.25) is 0 Å². The number of nitrogens with zero attached hydrogens (tertiary/aromatic N) is 1. The van der Waals surface area contributed by atoms with Crippen molar-refractivity contribution in [3.8, 4) is 17.1 Å². The number of amidine groups is 1. The van der Waals surface area contributed by atoms with Crippen molar-refractivity contribution in [1.82, 2.24) is 9.97 Å². The van der Waals surface area contributed by atoms with Gasteiger partial charge >= 0.3 is 0 Å². The van der Waals surface area contributed by atoms with E-state index in [2.05, 4.69) is 9.97 Å². The molecule has 3 aromatic rings. The minimum Gasteiger partial charge on any atom is -0.507 e. The lowest BCUT2D eigenvalue weighted by Gasteiger charge is -2.01. The number of nitrogens with one attached hydrogen (secondary N) is 2. The molecular formula is C14H13N5O. The second-order valence-electron chi connectivity index (χ2n) is 4.51. The fourth-order valence-corrected chi connectivity index (χ4v) is 2.05. The Kier molecular flexibility index (Phi) is 2.57. The van der Waals surface area contributed by atoms with Gasteiger partial charge in [0.1, 0.15) is 17.4 Å². The first-order valence-electron chi connectivity index (χ1n) is 5.97. The van der Waals surface area contributed by atoms with Gasteiger partial charge in [-0.2, -0.15) is 0 Å². The van der Waals surface area contributed by atoms with Crippen molar-refractivity contribution in [2.45, 2.75) is 0 Å². The van der Waals surface area contributed by atoms with Crippen molar-refractivity contribution < 1.29 is 5.11 Å². The summed E-state index contributed by atoms with van der Waals surface area (Å²) in [4.78, 5) is 7.50. The van der Waals surface area contributed by atoms with Gasteiger partial charge in [-0.25, -0.2) is 4.98 Å². The number of H-pyrrole nitrogens is 1. The third-order valence-corrected chi connectivity index (χ3v) is 3.07. The van der Waals surface area contributed by atoms with Gasteiger partial charge in [0.25, 0.3) is 0 Å². The molecule has 0 fully saturated rings. The van der Waals surface area contributed by atoms with E-state index in [-0.39, 0.29) is 11.6 Å². The van der Waals surface area contributed by atoms with Crippen LogP contribution in [0.4, 0.5) is 5.69 Å². The van der Waals surface area contributed by atoms with E-state index in [1.54, 1.807) is 30.3 Å². The van der Waals surface area contributed by atoms with E-state index in [0.29, 0.717) is 22.6 Å². The van der Waals surface area contributed by atoms with E-state index in [1.807, 2.05) is 0 Å². The molecule has 1 heterocycles. The summed E-state index contributed by atoms with van der Waals surface area (Å²) in [5.74, 6) is 0.616. The molecular weight excluding hydrogens is 254 g/mol. The number of fused-ring (bicyclic) bond motifs is 1. The minimum atomic E-state index is -0.00477. The van der Waals surface area contributed by atoms with Crippen LogP contribution >= 0.6 is 0 Å². The number of imidazole rings is 1. The summed E-state index contributed by atoms with van der Waals surface area (Å²) in [6.07, 6.45) is 0. The molecule has 0 radical (unpaired) electrons. The molecule has 0 bridgehead atoms. The quantitative estimate of drug-likeness (QED) is 0.210. The molecule has 3 rings (SSSR count). The SMILES string of the molecule is N=C(N)c1ccc2nc(-c3cc(N)ccc3O)[nH]c2c1. The largest absolute Gasteiger partial charge is 0.507 e. The Morgan fingerprint density at radius 2 is 2.00 bits per heavy atom. The monoisotopic (exact) mass is 267 g/mol. The number of anilines is 1. The molecule has 0 amide bonds. The van der Waals surface area contributed by atoms with Gasteiger partial charge in [-0.3, -0.25) is 5.41 Å². The summed E-state index contributed by atoms with van der Waals surface area (Å²) in [6, 6.07) is 10.1. The number of phenolic OH excluding ortho intramolecular Hbond substituents is 1. The zero-order valence-electron chi connectivity index (χ0n) is 10.5. The summed E-state index contributed by atoms with van der Waals surface area (Å²) in [6.45, 7) is 0.